The van der Waals surface area contributed by atoms with E-state index in [9.17, 15) is 23.1 Å². The number of sulfonamides is 1. The summed E-state index contributed by atoms with van der Waals surface area (Å²) in [5, 5.41) is 13.5. The van der Waals surface area contributed by atoms with Crippen molar-refractivity contribution < 1.29 is 23.1 Å². The van der Waals surface area contributed by atoms with E-state index in [4.69, 9.17) is 0 Å². The summed E-state index contributed by atoms with van der Waals surface area (Å²) in [4.78, 5) is 23.5. The average molecular weight is 407 g/mol. The average Bonchev–Trinajstić information content (AvgIpc) is 3.13. The molecule has 1 fully saturated rings. The first-order valence-electron chi connectivity index (χ1n) is 7.92. The van der Waals surface area contributed by atoms with Gasteiger partial charge in [-0.25, -0.2) is 13.2 Å². The minimum Gasteiger partial charge on any atom is -0.480 e. The zero-order valence-electron chi connectivity index (χ0n) is 13.9. The SMILES string of the molecule is CSCC[C@@H](NC(=O)C1CCN(S(=O)(=O)c2cccs2)CC1)C(=O)O. The molecule has 1 aliphatic rings. The number of thiophene rings is 1. The highest BCUT2D eigenvalue weighted by molar-refractivity contribution is 7.98. The summed E-state index contributed by atoms with van der Waals surface area (Å²) in [6, 6.07) is 2.37. The van der Waals surface area contributed by atoms with Gasteiger partial charge in [0.15, 0.2) is 0 Å². The Morgan fingerprint density at radius 1 is 1.44 bits per heavy atom. The fourth-order valence-electron chi connectivity index (χ4n) is 2.68. The number of carboxylic acids is 1. The highest BCUT2D eigenvalue weighted by Gasteiger charge is 2.33. The quantitative estimate of drug-likeness (QED) is 0.678. The van der Waals surface area contributed by atoms with Crippen LogP contribution in [0.2, 0.25) is 0 Å². The molecule has 0 saturated carbocycles. The Kier molecular flexibility index (Phi) is 7.29. The lowest BCUT2D eigenvalue weighted by Crippen LogP contribution is -2.47. The van der Waals surface area contributed by atoms with Gasteiger partial charge in [-0.2, -0.15) is 16.1 Å². The molecule has 1 amide bonds. The van der Waals surface area contributed by atoms with Gasteiger partial charge in [-0.05, 0) is 42.7 Å². The molecule has 25 heavy (non-hydrogen) atoms. The number of hydrogen-bond donors (Lipinski definition) is 2. The molecule has 0 unspecified atom stereocenters. The van der Waals surface area contributed by atoms with E-state index >= 15 is 0 Å². The molecule has 0 radical (unpaired) electrons. The van der Waals surface area contributed by atoms with Crippen LogP contribution in [-0.2, 0) is 19.6 Å². The van der Waals surface area contributed by atoms with Gasteiger partial charge in [-0.1, -0.05) is 6.07 Å². The van der Waals surface area contributed by atoms with Crippen LogP contribution in [0.1, 0.15) is 19.3 Å². The van der Waals surface area contributed by atoms with Crippen LogP contribution in [0, 0.1) is 5.92 Å². The standard InChI is InChI=1S/C15H22N2O5S3/c1-23-10-6-12(15(19)20)16-14(18)11-4-7-17(8-5-11)25(21,22)13-3-2-9-24-13/h2-3,9,11-12H,4-8,10H2,1H3,(H,16,18)(H,19,20)/t12-/m1/s1. The number of carboxylic acid groups (broad SMARTS) is 1. The first-order chi connectivity index (χ1) is 11.9. The molecule has 0 aliphatic carbocycles. The molecule has 2 rings (SSSR count). The van der Waals surface area contributed by atoms with Crippen LogP contribution < -0.4 is 5.32 Å². The van der Waals surface area contributed by atoms with Gasteiger partial charge in [0.1, 0.15) is 10.3 Å². The van der Waals surface area contributed by atoms with E-state index < -0.39 is 22.0 Å². The first kappa shape index (κ1) is 20.2. The largest absolute Gasteiger partial charge is 0.480 e. The van der Waals surface area contributed by atoms with E-state index in [1.54, 1.807) is 17.5 Å². The third-order valence-electron chi connectivity index (χ3n) is 4.14. The van der Waals surface area contributed by atoms with Crippen molar-refractivity contribution >= 4 is 45.0 Å². The van der Waals surface area contributed by atoms with Crippen LogP contribution in [0.5, 0.6) is 0 Å². The van der Waals surface area contributed by atoms with Crippen molar-refractivity contribution in [3.63, 3.8) is 0 Å². The normalized spacial score (nSPS) is 18.0. The van der Waals surface area contributed by atoms with Gasteiger partial charge in [0.05, 0.1) is 0 Å². The summed E-state index contributed by atoms with van der Waals surface area (Å²) in [6.45, 7) is 0.530. The summed E-state index contributed by atoms with van der Waals surface area (Å²) >= 11 is 2.70. The van der Waals surface area contributed by atoms with E-state index in [0.717, 1.165) is 0 Å². The molecule has 0 aromatic carbocycles. The van der Waals surface area contributed by atoms with Gasteiger partial charge in [-0.3, -0.25) is 4.79 Å². The van der Waals surface area contributed by atoms with E-state index in [2.05, 4.69) is 5.32 Å². The zero-order valence-corrected chi connectivity index (χ0v) is 16.3. The van der Waals surface area contributed by atoms with Gasteiger partial charge >= 0.3 is 5.97 Å². The minimum atomic E-state index is -3.49. The molecule has 10 heteroatoms. The monoisotopic (exact) mass is 406 g/mol. The minimum absolute atomic E-state index is 0.265. The molecule has 2 N–H and O–H groups in total. The number of piperidine rings is 1. The molecule has 1 saturated heterocycles. The Balaban J connectivity index is 1.91. The van der Waals surface area contributed by atoms with Crippen LogP contribution in [0.15, 0.2) is 21.7 Å². The number of hydrogen-bond acceptors (Lipinski definition) is 6. The van der Waals surface area contributed by atoms with Crippen molar-refractivity contribution in [2.75, 3.05) is 25.1 Å². The summed E-state index contributed by atoms with van der Waals surface area (Å²) in [7, 11) is -3.49. The van der Waals surface area contributed by atoms with Crippen LogP contribution >= 0.6 is 23.1 Å². The maximum absolute atomic E-state index is 12.5. The predicted octanol–water partition coefficient (Wildman–Crippen LogP) is 1.47. The fraction of sp³-hybridized carbons (Fsp3) is 0.600. The third kappa shape index (κ3) is 5.19. The number of thioether (sulfide) groups is 1. The van der Waals surface area contributed by atoms with E-state index in [1.165, 1.54) is 27.4 Å². The maximum Gasteiger partial charge on any atom is 0.326 e. The highest BCUT2D eigenvalue weighted by Crippen LogP contribution is 2.26. The van der Waals surface area contributed by atoms with Gasteiger partial charge in [0.2, 0.25) is 5.91 Å². The van der Waals surface area contributed by atoms with E-state index in [1.807, 2.05) is 6.26 Å². The van der Waals surface area contributed by atoms with Gasteiger partial charge in [-0.15, -0.1) is 11.3 Å². The van der Waals surface area contributed by atoms with E-state index in [0.29, 0.717) is 29.2 Å². The molecule has 0 bridgehead atoms. The van der Waals surface area contributed by atoms with Crippen molar-refractivity contribution in [1.82, 2.24) is 9.62 Å². The van der Waals surface area contributed by atoms with Gasteiger partial charge < -0.3 is 10.4 Å². The number of aliphatic carboxylic acids is 1. The van der Waals surface area contributed by atoms with Crippen LogP contribution in [0.4, 0.5) is 0 Å². The zero-order chi connectivity index (χ0) is 18.4. The van der Waals surface area contributed by atoms with Crippen LogP contribution in [0.3, 0.4) is 0 Å². The molecule has 1 aromatic heterocycles. The summed E-state index contributed by atoms with van der Waals surface area (Å²) in [5.41, 5.74) is 0. The summed E-state index contributed by atoms with van der Waals surface area (Å²) in [5.74, 6) is -1.05. The Hall–Kier alpha value is -1.10. The number of carbonyl (C=O) groups excluding carboxylic acids is 1. The van der Waals surface area contributed by atoms with Crippen molar-refractivity contribution in [3.05, 3.63) is 17.5 Å². The lowest BCUT2D eigenvalue weighted by atomic mass is 9.96. The number of carbonyl (C=O) groups is 2. The molecule has 2 heterocycles. The smallest absolute Gasteiger partial charge is 0.326 e. The fourth-order valence-corrected chi connectivity index (χ4v) is 5.76. The Bertz CT molecular complexity index is 682. The number of nitrogens with one attached hydrogen (secondary N) is 1. The van der Waals surface area contributed by atoms with Crippen LogP contribution in [0.25, 0.3) is 0 Å². The topological polar surface area (TPSA) is 104 Å². The third-order valence-corrected chi connectivity index (χ3v) is 8.05. The van der Waals surface area contributed by atoms with Crippen LogP contribution in [-0.4, -0.2) is 60.8 Å². The molecule has 1 atom stereocenters. The number of amides is 1. The van der Waals surface area contributed by atoms with Crippen molar-refractivity contribution in [3.8, 4) is 0 Å². The number of nitrogens with zero attached hydrogens (tertiary/aromatic N) is 1. The highest BCUT2D eigenvalue weighted by atomic mass is 32.2. The van der Waals surface area contributed by atoms with Crippen molar-refractivity contribution in [2.24, 2.45) is 5.92 Å². The molecule has 1 aliphatic heterocycles. The summed E-state index contributed by atoms with van der Waals surface area (Å²) in [6.07, 6.45) is 3.04. The second kappa shape index (κ2) is 9.02. The Labute approximate surface area is 155 Å². The lowest BCUT2D eigenvalue weighted by molar-refractivity contribution is -0.142. The maximum atomic E-state index is 12.5. The lowest BCUT2D eigenvalue weighted by Gasteiger charge is -2.30. The van der Waals surface area contributed by atoms with Crippen molar-refractivity contribution in [2.45, 2.75) is 29.5 Å². The van der Waals surface area contributed by atoms with Crippen molar-refractivity contribution in [1.29, 1.82) is 0 Å². The first-order valence-corrected chi connectivity index (χ1v) is 11.6. The molecule has 1 aromatic rings. The second-order valence-corrected chi connectivity index (χ2v) is 9.89. The molecule has 0 spiro atoms. The van der Waals surface area contributed by atoms with Gasteiger partial charge in [0.25, 0.3) is 10.0 Å². The summed E-state index contributed by atoms with van der Waals surface area (Å²) < 4.78 is 26.6. The second-order valence-electron chi connectivity index (χ2n) is 5.79. The Morgan fingerprint density at radius 3 is 2.64 bits per heavy atom. The molecular weight excluding hydrogens is 384 g/mol. The molecule has 7 nitrogen and oxygen atoms in total. The Morgan fingerprint density at radius 2 is 2.12 bits per heavy atom. The molecular formula is C15H22N2O5S3. The van der Waals surface area contributed by atoms with Gasteiger partial charge in [0, 0.05) is 19.0 Å². The van der Waals surface area contributed by atoms with E-state index in [-0.39, 0.29) is 24.9 Å². The molecule has 140 valence electrons. The predicted molar refractivity (Wildman–Crippen MR) is 98.4 cm³/mol. The number of rotatable bonds is 8.